The number of rotatable bonds is 9. The summed E-state index contributed by atoms with van der Waals surface area (Å²) in [7, 11) is 0. The lowest BCUT2D eigenvalue weighted by Gasteiger charge is -2.32. The van der Waals surface area contributed by atoms with Gasteiger partial charge in [-0.1, -0.05) is 30.3 Å². The van der Waals surface area contributed by atoms with E-state index < -0.39 is 24.0 Å². The first kappa shape index (κ1) is 25.8. The van der Waals surface area contributed by atoms with Crippen LogP contribution in [0.1, 0.15) is 44.1 Å². The van der Waals surface area contributed by atoms with Gasteiger partial charge in [0.15, 0.2) is 0 Å². The fourth-order valence-electron chi connectivity index (χ4n) is 5.38. The van der Waals surface area contributed by atoms with Crippen LogP contribution in [-0.4, -0.2) is 90.1 Å². The zero-order valence-corrected chi connectivity index (χ0v) is 20.5. The monoisotopic (exact) mass is 497 g/mol. The molecular formula is C26H35N5O5. The second-order valence-electron chi connectivity index (χ2n) is 9.74. The van der Waals surface area contributed by atoms with Gasteiger partial charge < -0.3 is 30.5 Å². The van der Waals surface area contributed by atoms with E-state index in [0.29, 0.717) is 32.4 Å². The van der Waals surface area contributed by atoms with Crippen LogP contribution >= 0.6 is 0 Å². The van der Waals surface area contributed by atoms with Crippen molar-refractivity contribution in [3.05, 3.63) is 35.9 Å². The molecule has 0 saturated carbocycles. The standard InChI is InChI=1S/C26H35N5O5/c32-17-19-9-5-13-30(19)26(36)22-11-6-14-31(22)25(35)21(15-18-7-2-1-3-8-18)29-23(33)16-28-24(34)20-10-4-12-27-20/h1-3,7-8,17,19-22,27H,4-6,9-16H2,(H,28,34)(H,29,33)/t19-,20-,21-,22-/m0/s1. The molecule has 10 heteroatoms. The number of nitrogens with zero attached hydrogens (tertiary/aromatic N) is 2. The minimum Gasteiger partial charge on any atom is -0.346 e. The fraction of sp³-hybridized carbons (Fsp3) is 0.577. The summed E-state index contributed by atoms with van der Waals surface area (Å²) >= 11 is 0. The van der Waals surface area contributed by atoms with Gasteiger partial charge in [0.1, 0.15) is 18.4 Å². The first-order chi connectivity index (χ1) is 17.5. The Morgan fingerprint density at radius 1 is 1.00 bits per heavy atom. The molecule has 10 nitrogen and oxygen atoms in total. The topological polar surface area (TPSA) is 128 Å². The van der Waals surface area contributed by atoms with Crippen LogP contribution < -0.4 is 16.0 Å². The Hall–Kier alpha value is -3.27. The Morgan fingerprint density at radius 3 is 2.47 bits per heavy atom. The Morgan fingerprint density at radius 2 is 1.75 bits per heavy atom. The third kappa shape index (κ3) is 6.10. The number of carbonyl (C=O) groups is 5. The van der Waals surface area contributed by atoms with E-state index in [1.807, 2.05) is 30.3 Å². The molecule has 3 aliphatic rings. The summed E-state index contributed by atoms with van der Waals surface area (Å²) in [6.07, 6.45) is 5.34. The highest BCUT2D eigenvalue weighted by Crippen LogP contribution is 2.25. The predicted octanol–water partition coefficient (Wildman–Crippen LogP) is -0.237. The van der Waals surface area contributed by atoms with Crippen LogP contribution in [0, 0.1) is 0 Å². The van der Waals surface area contributed by atoms with Gasteiger partial charge in [-0.2, -0.15) is 0 Å². The van der Waals surface area contributed by atoms with Gasteiger partial charge in [0, 0.05) is 19.5 Å². The van der Waals surface area contributed by atoms with Gasteiger partial charge in [0.2, 0.25) is 23.6 Å². The van der Waals surface area contributed by atoms with Crippen LogP contribution in [0.5, 0.6) is 0 Å². The van der Waals surface area contributed by atoms with Crippen LogP contribution in [0.3, 0.4) is 0 Å². The van der Waals surface area contributed by atoms with Gasteiger partial charge in [-0.15, -0.1) is 0 Å². The van der Waals surface area contributed by atoms with E-state index in [0.717, 1.165) is 37.7 Å². The van der Waals surface area contributed by atoms with E-state index in [1.165, 1.54) is 0 Å². The van der Waals surface area contributed by atoms with Gasteiger partial charge in [0.05, 0.1) is 18.6 Å². The number of hydrogen-bond donors (Lipinski definition) is 3. The largest absolute Gasteiger partial charge is 0.346 e. The zero-order valence-electron chi connectivity index (χ0n) is 20.5. The number of carbonyl (C=O) groups excluding carboxylic acids is 5. The summed E-state index contributed by atoms with van der Waals surface area (Å²) in [4.78, 5) is 66.5. The smallest absolute Gasteiger partial charge is 0.246 e. The Balaban J connectivity index is 1.43. The third-order valence-corrected chi connectivity index (χ3v) is 7.28. The molecule has 1 aromatic rings. The summed E-state index contributed by atoms with van der Waals surface area (Å²) in [5.41, 5.74) is 0.873. The van der Waals surface area contributed by atoms with Gasteiger partial charge in [-0.05, 0) is 50.6 Å². The second-order valence-corrected chi connectivity index (χ2v) is 9.74. The van der Waals surface area contributed by atoms with Crippen LogP contribution in [0.15, 0.2) is 30.3 Å². The Bertz CT molecular complexity index is 965. The average Bonchev–Trinajstić information content (AvgIpc) is 3.68. The normalized spacial score (nSPS) is 24.4. The Labute approximate surface area is 211 Å². The molecule has 4 rings (SSSR count). The van der Waals surface area contributed by atoms with E-state index in [9.17, 15) is 24.0 Å². The minimum atomic E-state index is -0.879. The molecule has 0 radical (unpaired) electrons. The molecule has 4 atom stereocenters. The lowest BCUT2D eigenvalue weighted by Crippen LogP contribution is -2.56. The van der Waals surface area contributed by atoms with Crippen molar-refractivity contribution in [1.29, 1.82) is 0 Å². The summed E-state index contributed by atoms with van der Waals surface area (Å²) in [6.45, 7) is 1.48. The van der Waals surface area contributed by atoms with Crippen LogP contribution in [-0.2, 0) is 30.4 Å². The van der Waals surface area contributed by atoms with E-state index in [-0.39, 0.29) is 36.7 Å². The fourth-order valence-corrected chi connectivity index (χ4v) is 5.38. The molecule has 3 fully saturated rings. The number of benzene rings is 1. The van der Waals surface area contributed by atoms with E-state index in [4.69, 9.17) is 0 Å². The van der Waals surface area contributed by atoms with Crippen molar-refractivity contribution in [3.63, 3.8) is 0 Å². The number of aldehydes is 1. The highest BCUT2D eigenvalue weighted by atomic mass is 16.2. The van der Waals surface area contributed by atoms with Crippen molar-refractivity contribution in [3.8, 4) is 0 Å². The van der Waals surface area contributed by atoms with Crippen LogP contribution in [0.2, 0.25) is 0 Å². The van der Waals surface area contributed by atoms with Crippen molar-refractivity contribution >= 4 is 29.9 Å². The molecule has 194 valence electrons. The van der Waals surface area contributed by atoms with Gasteiger partial charge >= 0.3 is 0 Å². The van der Waals surface area contributed by atoms with Crippen molar-refractivity contribution < 1.29 is 24.0 Å². The van der Waals surface area contributed by atoms with E-state index in [1.54, 1.807) is 9.80 Å². The molecule has 3 aliphatic heterocycles. The predicted molar refractivity (Wildman–Crippen MR) is 132 cm³/mol. The summed E-state index contributed by atoms with van der Waals surface area (Å²) in [5, 5.41) is 8.53. The summed E-state index contributed by atoms with van der Waals surface area (Å²) < 4.78 is 0. The molecule has 1 aromatic carbocycles. The molecule has 0 unspecified atom stereocenters. The van der Waals surface area contributed by atoms with Crippen molar-refractivity contribution in [1.82, 2.24) is 25.8 Å². The minimum absolute atomic E-state index is 0.198. The molecule has 0 spiro atoms. The lowest BCUT2D eigenvalue weighted by molar-refractivity contribution is -0.146. The molecule has 3 heterocycles. The van der Waals surface area contributed by atoms with Gasteiger partial charge in [-0.3, -0.25) is 19.2 Å². The lowest BCUT2D eigenvalue weighted by atomic mass is 10.0. The van der Waals surface area contributed by atoms with Gasteiger partial charge in [-0.25, -0.2) is 0 Å². The van der Waals surface area contributed by atoms with E-state index >= 15 is 0 Å². The molecule has 0 aromatic heterocycles. The second kappa shape index (κ2) is 12.1. The maximum Gasteiger partial charge on any atom is 0.246 e. The van der Waals surface area contributed by atoms with Crippen molar-refractivity contribution in [2.45, 2.75) is 69.1 Å². The van der Waals surface area contributed by atoms with Crippen LogP contribution in [0.4, 0.5) is 0 Å². The SMILES string of the molecule is O=C[C@@H]1CCCN1C(=O)[C@@H]1CCCN1C(=O)[C@H](Cc1ccccc1)NC(=O)CNC(=O)[C@@H]1CCCN1. The average molecular weight is 498 g/mol. The number of nitrogens with one attached hydrogen (secondary N) is 3. The highest BCUT2D eigenvalue weighted by Gasteiger charge is 2.41. The summed E-state index contributed by atoms with van der Waals surface area (Å²) in [6, 6.07) is 7.11. The zero-order chi connectivity index (χ0) is 25.5. The maximum absolute atomic E-state index is 13.7. The molecule has 0 bridgehead atoms. The first-order valence-electron chi connectivity index (χ1n) is 12.9. The molecule has 3 N–H and O–H groups in total. The first-order valence-corrected chi connectivity index (χ1v) is 12.9. The number of amides is 4. The van der Waals surface area contributed by atoms with Crippen molar-refractivity contribution in [2.75, 3.05) is 26.2 Å². The Kier molecular flexibility index (Phi) is 8.69. The third-order valence-electron chi connectivity index (χ3n) is 7.28. The maximum atomic E-state index is 13.7. The highest BCUT2D eigenvalue weighted by molar-refractivity contribution is 5.94. The molecule has 4 amide bonds. The molecule has 0 aliphatic carbocycles. The molecule has 36 heavy (non-hydrogen) atoms. The molecular weight excluding hydrogens is 462 g/mol. The quantitative estimate of drug-likeness (QED) is 0.404. The van der Waals surface area contributed by atoms with Gasteiger partial charge in [0.25, 0.3) is 0 Å². The van der Waals surface area contributed by atoms with E-state index in [2.05, 4.69) is 16.0 Å². The number of likely N-dealkylation sites (tertiary alicyclic amines) is 2. The molecule has 3 saturated heterocycles. The van der Waals surface area contributed by atoms with Crippen LogP contribution in [0.25, 0.3) is 0 Å². The summed E-state index contributed by atoms with van der Waals surface area (Å²) in [5.74, 6) is -1.21. The van der Waals surface area contributed by atoms with Crippen molar-refractivity contribution in [2.24, 2.45) is 0 Å². The number of hydrogen-bond acceptors (Lipinski definition) is 6.